The molecule has 0 saturated carbocycles. The minimum atomic E-state index is -0.585. The van der Waals surface area contributed by atoms with Crippen LogP contribution in [0.3, 0.4) is 0 Å². The van der Waals surface area contributed by atoms with E-state index in [0.717, 1.165) is 5.56 Å². The maximum Gasteiger partial charge on any atom is 0.328 e. The largest absolute Gasteiger partial charge is 0.491 e. The number of nitrogens with zero attached hydrogens (tertiary/aromatic N) is 1. The van der Waals surface area contributed by atoms with Crippen LogP contribution < -0.4 is 4.74 Å². The van der Waals surface area contributed by atoms with Crippen LogP contribution >= 0.6 is 0 Å². The molecule has 23 heavy (non-hydrogen) atoms. The summed E-state index contributed by atoms with van der Waals surface area (Å²) in [6.07, 6.45) is 0. The number of benzene rings is 1. The summed E-state index contributed by atoms with van der Waals surface area (Å²) in [5, 5.41) is 0. The van der Waals surface area contributed by atoms with Crippen LogP contribution in [-0.4, -0.2) is 50.3 Å². The average Bonchev–Trinajstić information content (AvgIpc) is 2.84. The highest BCUT2D eigenvalue weighted by Crippen LogP contribution is 2.30. The van der Waals surface area contributed by atoms with E-state index < -0.39 is 12.0 Å². The smallest absolute Gasteiger partial charge is 0.328 e. The van der Waals surface area contributed by atoms with Crippen LogP contribution in [0, 0.1) is 5.92 Å². The lowest BCUT2D eigenvalue weighted by Gasteiger charge is -2.28. The monoisotopic (exact) mass is 321 g/mol. The van der Waals surface area contributed by atoms with Crippen molar-refractivity contribution in [1.82, 2.24) is 4.90 Å². The van der Waals surface area contributed by atoms with Crippen LogP contribution in [0.15, 0.2) is 18.2 Å². The molecule has 0 spiro atoms. The predicted octanol–water partition coefficient (Wildman–Crippen LogP) is 1.87. The molecule has 1 aliphatic heterocycles. The van der Waals surface area contributed by atoms with E-state index >= 15 is 0 Å². The highest BCUT2D eigenvalue weighted by Gasteiger charge is 2.38. The van der Waals surface area contributed by atoms with Crippen molar-refractivity contribution < 1.29 is 23.8 Å². The van der Waals surface area contributed by atoms with E-state index in [0.29, 0.717) is 31.1 Å². The average molecular weight is 321 g/mol. The molecule has 1 aliphatic rings. The molecule has 1 aromatic rings. The van der Waals surface area contributed by atoms with Crippen molar-refractivity contribution in [1.29, 1.82) is 0 Å². The molecule has 1 amide bonds. The molecule has 6 nitrogen and oxygen atoms in total. The van der Waals surface area contributed by atoms with Crippen LogP contribution in [0.1, 0.15) is 29.8 Å². The quantitative estimate of drug-likeness (QED) is 0.566. The third-order valence-corrected chi connectivity index (χ3v) is 3.88. The maximum absolute atomic E-state index is 12.7. The Hall–Kier alpha value is -2.08. The summed E-state index contributed by atoms with van der Waals surface area (Å²) in [7, 11) is 2.94. The van der Waals surface area contributed by atoms with Crippen LogP contribution in [0.2, 0.25) is 0 Å². The Morgan fingerprint density at radius 3 is 2.61 bits per heavy atom. The first-order valence-electron chi connectivity index (χ1n) is 7.63. The van der Waals surface area contributed by atoms with Gasteiger partial charge in [0.05, 0.1) is 13.7 Å². The van der Waals surface area contributed by atoms with Gasteiger partial charge < -0.3 is 19.1 Å². The number of hydrogen-bond acceptors (Lipinski definition) is 5. The second-order valence-corrected chi connectivity index (χ2v) is 5.81. The number of methoxy groups -OCH3 is 2. The van der Waals surface area contributed by atoms with E-state index in [4.69, 9.17) is 14.2 Å². The standard InChI is InChI=1S/C17H23NO5/c1-11(2)15(17(20)22-4)18-10-12-5-6-13(23-8-7-21-3)9-14(12)16(18)19/h5-6,9,11,15H,7-8,10H2,1-4H3/t15-/m0/s1. The van der Waals surface area contributed by atoms with Gasteiger partial charge in [0.15, 0.2) is 0 Å². The van der Waals surface area contributed by atoms with Gasteiger partial charge >= 0.3 is 5.97 Å². The second-order valence-electron chi connectivity index (χ2n) is 5.81. The topological polar surface area (TPSA) is 65.1 Å². The molecule has 0 saturated heterocycles. The van der Waals surface area contributed by atoms with Crippen molar-refractivity contribution in [2.75, 3.05) is 27.4 Å². The number of ether oxygens (including phenoxy) is 3. The van der Waals surface area contributed by atoms with E-state index in [-0.39, 0.29) is 11.8 Å². The Morgan fingerprint density at radius 1 is 1.26 bits per heavy atom. The predicted molar refractivity (Wildman–Crippen MR) is 84.3 cm³/mol. The number of esters is 1. The van der Waals surface area contributed by atoms with E-state index in [2.05, 4.69) is 0 Å². The lowest BCUT2D eigenvalue weighted by atomic mass is 10.0. The van der Waals surface area contributed by atoms with Crippen molar-refractivity contribution >= 4 is 11.9 Å². The summed E-state index contributed by atoms with van der Waals surface area (Å²) in [6, 6.07) is 4.83. The fraction of sp³-hybridized carbons (Fsp3) is 0.529. The number of fused-ring (bicyclic) bond motifs is 1. The zero-order valence-electron chi connectivity index (χ0n) is 14.0. The molecule has 0 fully saturated rings. The van der Waals surface area contributed by atoms with Crippen LogP contribution in [0.25, 0.3) is 0 Å². The molecule has 6 heteroatoms. The summed E-state index contributed by atoms with van der Waals surface area (Å²) in [5.74, 6) is 0.0346. The number of amides is 1. The van der Waals surface area contributed by atoms with Gasteiger partial charge in [-0.15, -0.1) is 0 Å². The van der Waals surface area contributed by atoms with Gasteiger partial charge in [-0.2, -0.15) is 0 Å². The fourth-order valence-corrected chi connectivity index (χ4v) is 2.74. The van der Waals surface area contributed by atoms with Crippen LogP contribution in [0.4, 0.5) is 0 Å². The van der Waals surface area contributed by atoms with Crippen molar-refractivity contribution in [2.45, 2.75) is 26.4 Å². The SMILES string of the molecule is COCCOc1ccc2c(c1)C(=O)N([C@H](C(=O)OC)C(C)C)C2. The first-order valence-corrected chi connectivity index (χ1v) is 7.63. The minimum absolute atomic E-state index is 0.0295. The van der Waals surface area contributed by atoms with Crippen molar-refractivity contribution in [3.05, 3.63) is 29.3 Å². The minimum Gasteiger partial charge on any atom is -0.491 e. The van der Waals surface area contributed by atoms with Gasteiger partial charge in [-0.25, -0.2) is 4.79 Å². The molecule has 0 aliphatic carbocycles. The zero-order chi connectivity index (χ0) is 17.0. The lowest BCUT2D eigenvalue weighted by Crippen LogP contribution is -2.45. The molecule has 2 rings (SSSR count). The molecule has 1 heterocycles. The Balaban J connectivity index is 2.19. The molecule has 126 valence electrons. The Kier molecular flexibility index (Phi) is 5.60. The third kappa shape index (κ3) is 3.64. The van der Waals surface area contributed by atoms with E-state index in [1.165, 1.54) is 7.11 Å². The molecular formula is C17H23NO5. The highest BCUT2D eigenvalue weighted by molar-refractivity contribution is 6.01. The normalized spacial score (nSPS) is 14.8. The number of carbonyl (C=O) groups is 2. The van der Waals surface area contributed by atoms with Gasteiger partial charge in [0.1, 0.15) is 18.4 Å². The molecule has 0 unspecified atom stereocenters. The molecule has 0 N–H and O–H groups in total. The lowest BCUT2D eigenvalue weighted by molar-refractivity contribution is -0.147. The van der Waals surface area contributed by atoms with Gasteiger partial charge in [-0.05, 0) is 23.6 Å². The number of hydrogen-bond donors (Lipinski definition) is 0. The first kappa shape index (κ1) is 17.3. The van der Waals surface area contributed by atoms with E-state index in [9.17, 15) is 9.59 Å². The van der Waals surface area contributed by atoms with Gasteiger partial charge in [0.25, 0.3) is 5.91 Å². The molecule has 0 aromatic heterocycles. The highest BCUT2D eigenvalue weighted by atomic mass is 16.5. The van der Waals surface area contributed by atoms with Gasteiger partial charge in [-0.3, -0.25) is 4.79 Å². The summed E-state index contributed by atoms with van der Waals surface area (Å²) < 4.78 is 15.3. The molecule has 0 radical (unpaired) electrons. The summed E-state index contributed by atoms with van der Waals surface area (Å²) >= 11 is 0. The zero-order valence-corrected chi connectivity index (χ0v) is 14.0. The second kappa shape index (κ2) is 7.46. The Bertz CT molecular complexity index is 584. The van der Waals surface area contributed by atoms with E-state index in [1.807, 2.05) is 26.0 Å². The summed E-state index contributed by atoms with van der Waals surface area (Å²) in [4.78, 5) is 26.3. The number of rotatable bonds is 7. The van der Waals surface area contributed by atoms with Crippen molar-refractivity contribution in [3.8, 4) is 5.75 Å². The van der Waals surface area contributed by atoms with Gasteiger partial charge in [0, 0.05) is 19.2 Å². The Morgan fingerprint density at radius 2 is 2.00 bits per heavy atom. The molecule has 1 atom stereocenters. The van der Waals surface area contributed by atoms with Crippen LogP contribution in [0.5, 0.6) is 5.75 Å². The number of carbonyl (C=O) groups excluding carboxylic acids is 2. The van der Waals surface area contributed by atoms with E-state index in [1.54, 1.807) is 18.1 Å². The van der Waals surface area contributed by atoms with Gasteiger partial charge in [0.2, 0.25) is 0 Å². The van der Waals surface area contributed by atoms with Crippen molar-refractivity contribution in [2.24, 2.45) is 5.92 Å². The third-order valence-electron chi connectivity index (χ3n) is 3.88. The molecule has 1 aromatic carbocycles. The fourth-order valence-electron chi connectivity index (χ4n) is 2.74. The summed E-state index contributed by atoms with van der Waals surface area (Å²) in [6.45, 7) is 5.11. The summed E-state index contributed by atoms with van der Waals surface area (Å²) in [5.41, 5.74) is 1.47. The molecule has 0 bridgehead atoms. The van der Waals surface area contributed by atoms with Gasteiger partial charge in [-0.1, -0.05) is 19.9 Å². The maximum atomic E-state index is 12.7. The molecular weight excluding hydrogens is 298 g/mol. The van der Waals surface area contributed by atoms with Crippen LogP contribution in [-0.2, 0) is 20.8 Å². The Labute approximate surface area is 136 Å². The first-order chi connectivity index (χ1) is 11.0. The van der Waals surface area contributed by atoms with Crippen molar-refractivity contribution in [3.63, 3.8) is 0 Å².